The summed E-state index contributed by atoms with van der Waals surface area (Å²) < 4.78 is 2.36. The van der Waals surface area contributed by atoms with E-state index in [1.54, 1.807) is 6.08 Å². The minimum atomic E-state index is 0.722. The van der Waals surface area contributed by atoms with Crippen LogP contribution in [0.3, 0.4) is 0 Å². The Morgan fingerprint density at radius 1 is 0.457 bits per heavy atom. The van der Waals surface area contributed by atoms with Crippen LogP contribution in [0.1, 0.15) is 6.92 Å². The zero-order valence-electron chi connectivity index (χ0n) is 25.7. The van der Waals surface area contributed by atoms with Crippen LogP contribution in [0.25, 0.3) is 72.5 Å². The molecule has 0 bridgehead atoms. The molecule has 220 valence electrons. The van der Waals surface area contributed by atoms with Crippen molar-refractivity contribution in [2.75, 3.05) is 0 Å². The van der Waals surface area contributed by atoms with Crippen LogP contribution in [0.4, 0.5) is 0 Å². The molecule has 0 atom stereocenters. The lowest BCUT2D eigenvalue weighted by Crippen LogP contribution is -1.96. The quantitative estimate of drug-likeness (QED) is 0.186. The molecule has 2 heterocycles. The maximum atomic E-state index is 4.99. The zero-order chi connectivity index (χ0) is 31.3. The summed E-state index contributed by atoms with van der Waals surface area (Å²) in [5, 5.41) is 2.53. The molecule has 0 unspecified atom stereocenters. The minimum Gasteiger partial charge on any atom is -0.309 e. The van der Waals surface area contributed by atoms with Gasteiger partial charge in [0.25, 0.3) is 0 Å². The van der Waals surface area contributed by atoms with Crippen molar-refractivity contribution in [1.82, 2.24) is 14.5 Å². The maximum absolute atomic E-state index is 4.99. The second-order valence-corrected chi connectivity index (χ2v) is 11.1. The molecular weight excluding hydrogens is 558 g/mol. The average molecular weight is 592 g/mol. The van der Waals surface area contributed by atoms with Crippen molar-refractivity contribution in [3.63, 3.8) is 0 Å². The summed E-state index contributed by atoms with van der Waals surface area (Å²) in [6.07, 6.45) is 1.75. The Balaban J connectivity index is 0.00000109. The van der Waals surface area contributed by atoms with E-state index in [1.807, 2.05) is 43.3 Å². The number of aromatic nitrogens is 3. The molecule has 0 saturated heterocycles. The fourth-order valence-electron chi connectivity index (χ4n) is 5.93. The number of nitrogens with zero attached hydrogens (tertiary/aromatic N) is 3. The highest BCUT2D eigenvalue weighted by molar-refractivity contribution is 6.09. The van der Waals surface area contributed by atoms with Crippen molar-refractivity contribution < 1.29 is 0 Å². The Morgan fingerprint density at radius 2 is 0.913 bits per heavy atom. The Morgan fingerprint density at radius 3 is 1.50 bits per heavy atom. The molecule has 3 nitrogen and oxygen atoms in total. The van der Waals surface area contributed by atoms with E-state index >= 15 is 0 Å². The first-order valence-electron chi connectivity index (χ1n) is 15.5. The van der Waals surface area contributed by atoms with Crippen molar-refractivity contribution in [3.05, 3.63) is 176 Å². The lowest BCUT2D eigenvalue weighted by Gasteiger charge is -2.12. The van der Waals surface area contributed by atoms with Gasteiger partial charge in [0.2, 0.25) is 0 Å². The van der Waals surface area contributed by atoms with E-state index in [2.05, 4.69) is 139 Å². The first-order chi connectivity index (χ1) is 22.7. The Labute approximate surface area is 269 Å². The van der Waals surface area contributed by atoms with E-state index in [9.17, 15) is 0 Å². The van der Waals surface area contributed by atoms with Crippen molar-refractivity contribution in [2.24, 2.45) is 0 Å². The summed E-state index contributed by atoms with van der Waals surface area (Å²) in [5.41, 5.74) is 10.8. The summed E-state index contributed by atoms with van der Waals surface area (Å²) >= 11 is 0. The number of hydrogen-bond acceptors (Lipinski definition) is 2. The first-order valence-corrected chi connectivity index (χ1v) is 15.5. The van der Waals surface area contributed by atoms with Crippen LogP contribution in [0, 0.1) is 0 Å². The molecule has 0 fully saturated rings. The molecule has 0 saturated carbocycles. The predicted octanol–water partition coefficient (Wildman–Crippen LogP) is 11.4. The van der Waals surface area contributed by atoms with Gasteiger partial charge in [0, 0.05) is 33.2 Å². The van der Waals surface area contributed by atoms with Crippen LogP contribution in [0.15, 0.2) is 176 Å². The van der Waals surface area contributed by atoms with Gasteiger partial charge in [-0.15, -0.1) is 6.58 Å². The Kier molecular flexibility index (Phi) is 8.04. The standard InChI is InChI=1S/C40H27N3.C3H6/c1-3-12-29(13-4-1)36-27-37(42-40(41-36)31-14-5-2-6-15-31)30-24-22-28(23-25-30)32-16-11-17-33(26-32)43-38-20-9-7-18-34(38)35-19-8-10-21-39(35)43;1-3-2/h1-27H;3H,1H2,2H3. The lowest BCUT2D eigenvalue weighted by molar-refractivity contribution is 1.18. The number of hydrogen-bond donors (Lipinski definition) is 0. The van der Waals surface area contributed by atoms with Gasteiger partial charge in [0.05, 0.1) is 22.4 Å². The van der Waals surface area contributed by atoms with Crippen molar-refractivity contribution in [2.45, 2.75) is 6.92 Å². The van der Waals surface area contributed by atoms with E-state index < -0.39 is 0 Å². The SMILES string of the molecule is C=CC.c1ccc(-c2cc(-c3ccc(-c4cccc(-n5c6ccccc6c6ccccc65)c4)cc3)nc(-c3ccccc3)n2)cc1. The maximum Gasteiger partial charge on any atom is 0.160 e. The van der Waals surface area contributed by atoms with E-state index in [0.717, 1.165) is 45.2 Å². The highest BCUT2D eigenvalue weighted by atomic mass is 15.0. The molecular formula is C43H33N3. The van der Waals surface area contributed by atoms with Crippen LogP contribution in [-0.4, -0.2) is 14.5 Å². The van der Waals surface area contributed by atoms with Gasteiger partial charge in [-0.3, -0.25) is 0 Å². The van der Waals surface area contributed by atoms with Gasteiger partial charge in [-0.05, 0) is 48.4 Å². The van der Waals surface area contributed by atoms with Crippen LogP contribution in [0.2, 0.25) is 0 Å². The van der Waals surface area contributed by atoms with Crippen LogP contribution in [-0.2, 0) is 0 Å². The molecule has 0 radical (unpaired) electrons. The van der Waals surface area contributed by atoms with E-state index in [0.29, 0.717) is 0 Å². The van der Waals surface area contributed by atoms with E-state index in [4.69, 9.17) is 9.97 Å². The van der Waals surface area contributed by atoms with Crippen LogP contribution in [0.5, 0.6) is 0 Å². The van der Waals surface area contributed by atoms with Crippen molar-refractivity contribution >= 4 is 21.8 Å². The third-order valence-corrected chi connectivity index (χ3v) is 8.03. The molecule has 46 heavy (non-hydrogen) atoms. The normalized spacial score (nSPS) is 10.8. The third kappa shape index (κ3) is 5.62. The number of rotatable bonds is 5. The highest BCUT2D eigenvalue weighted by Crippen LogP contribution is 2.34. The van der Waals surface area contributed by atoms with Crippen LogP contribution < -0.4 is 0 Å². The molecule has 0 N–H and O–H groups in total. The van der Waals surface area contributed by atoms with Crippen LogP contribution >= 0.6 is 0 Å². The smallest absolute Gasteiger partial charge is 0.160 e. The molecule has 2 aromatic heterocycles. The predicted molar refractivity (Wildman–Crippen MR) is 194 cm³/mol. The summed E-state index contributed by atoms with van der Waals surface area (Å²) in [4.78, 5) is 9.92. The van der Waals surface area contributed by atoms with Gasteiger partial charge in [-0.1, -0.05) is 140 Å². The van der Waals surface area contributed by atoms with E-state index in [-0.39, 0.29) is 0 Å². The van der Waals surface area contributed by atoms with Gasteiger partial charge in [0.15, 0.2) is 5.82 Å². The fraction of sp³-hybridized carbons (Fsp3) is 0.0233. The summed E-state index contributed by atoms with van der Waals surface area (Å²) in [7, 11) is 0. The second kappa shape index (κ2) is 12.9. The third-order valence-electron chi connectivity index (χ3n) is 8.03. The van der Waals surface area contributed by atoms with Gasteiger partial charge in [0.1, 0.15) is 0 Å². The molecule has 3 heteroatoms. The average Bonchev–Trinajstić information content (AvgIpc) is 3.47. The largest absolute Gasteiger partial charge is 0.309 e. The Bertz CT molecular complexity index is 2150. The van der Waals surface area contributed by atoms with Gasteiger partial charge in [-0.25, -0.2) is 9.97 Å². The van der Waals surface area contributed by atoms with Crippen molar-refractivity contribution in [1.29, 1.82) is 0 Å². The molecule has 0 amide bonds. The van der Waals surface area contributed by atoms with Gasteiger partial charge >= 0.3 is 0 Å². The molecule has 8 rings (SSSR count). The zero-order valence-corrected chi connectivity index (χ0v) is 25.7. The molecule has 8 aromatic rings. The van der Waals surface area contributed by atoms with Gasteiger partial charge < -0.3 is 4.57 Å². The fourth-order valence-corrected chi connectivity index (χ4v) is 5.93. The molecule has 0 aliphatic heterocycles. The molecule has 0 aliphatic rings. The minimum absolute atomic E-state index is 0.722. The topological polar surface area (TPSA) is 30.7 Å². The molecule has 6 aromatic carbocycles. The van der Waals surface area contributed by atoms with E-state index in [1.165, 1.54) is 27.4 Å². The highest BCUT2D eigenvalue weighted by Gasteiger charge is 2.13. The summed E-state index contributed by atoms with van der Waals surface area (Å²) in [5.74, 6) is 0.722. The molecule has 0 aliphatic carbocycles. The first kappa shape index (κ1) is 28.7. The number of para-hydroxylation sites is 2. The number of fused-ring (bicyclic) bond motifs is 3. The number of benzene rings is 6. The van der Waals surface area contributed by atoms with Gasteiger partial charge in [-0.2, -0.15) is 0 Å². The summed E-state index contributed by atoms with van der Waals surface area (Å²) in [6.45, 7) is 5.25. The number of allylic oxidation sites excluding steroid dienone is 1. The summed E-state index contributed by atoms with van der Waals surface area (Å²) in [6, 6.07) is 57.3. The second-order valence-electron chi connectivity index (χ2n) is 11.1. The van der Waals surface area contributed by atoms with Crippen molar-refractivity contribution in [3.8, 4) is 50.7 Å². The Hall–Kier alpha value is -6.06. The lowest BCUT2D eigenvalue weighted by atomic mass is 10.0. The molecule has 0 spiro atoms. The monoisotopic (exact) mass is 591 g/mol.